The molecule has 1 aromatic carbocycles. The fourth-order valence-electron chi connectivity index (χ4n) is 7.57. The van der Waals surface area contributed by atoms with Crippen LogP contribution in [0.2, 0.25) is 0 Å². The number of nitrogens with two attached hydrogens (primary N) is 1. The first-order chi connectivity index (χ1) is 20.2. The Bertz CT molecular complexity index is 1440. The highest BCUT2D eigenvalue weighted by molar-refractivity contribution is 6.32. The standard InChI is InChI=1S/C31H41N5O7/c1-34(2)20-12-17(14-33-13-15-6-8-36(5)9-7-15)25(37)22-18(20)10-16-11-19-24(35(3)4)27(39)23(30(32)42)29(41)31(19,43)28(40)21(16)26(22)38/h6,12,16,19,21,23-24,33,37,43H,7-11,13-14H2,1-5H3,(H2,32,42)/t16-,19-,21?,23?,24-,31-/m0/s1. The maximum absolute atomic E-state index is 14.2. The van der Waals surface area contributed by atoms with Crippen LogP contribution in [0.4, 0.5) is 5.69 Å². The van der Waals surface area contributed by atoms with E-state index in [1.807, 2.05) is 25.1 Å². The van der Waals surface area contributed by atoms with Crippen molar-refractivity contribution >= 4 is 34.7 Å². The van der Waals surface area contributed by atoms with Gasteiger partial charge in [-0.1, -0.05) is 11.6 Å². The van der Waals surface area contributed by atoms with Crippen LogP contribution in [-0.4, -0.2) is 116 Å². The van der Waals surface area contributed by atoms with Crippen molar-refractivity contribution in [3.05, 3.63) is 34.4 Å². The molecule has 3 aliphatic carbocycles. The van der Waals surface area contributed by atoms with Crippen LogP contribution >= 0.6 is 0 Å². The number of Topliss-reactive ketones (excluding diaryl/α,β-unsaturated/α-hetero) is 4. The van der Waals surface area contributed by atoms with Gasteiger partial charge in [0, 0.05) is 57.4 Å². The van der Waals surface area contributed by atoms with Crippen molar-refractivity contribution in [1.29, 1.82) is 0 Å². The van der Waals surface area contributed by atoms with Crippen LogP contribution in [-0.2, 0) is 32.1 Å². The second kappa shape index (κ2) is 11.2. The van der Waals surface area contributed by atoms with E-state index in [0.29, 0.717) is 17.7 Å². The number of hydrogen-bond donors (Lipinski definition) is 4. The predicted octanol–water partition coefficient (Wildman–Crippen LogP) is -0.715. The summed E-state index contributed by atoms with van der Waals surface area (Å²) in [4.78, 5) is 72.7. The molecular weight excluding hydrogens is 554 g/mol. The highest BCUT2D eigenvalue weighted by atomic mass is 16.3. The van der Waals surface area contributed by atoms with E-state index >= 15 is 0 Å². The lowest BCUT2D eigenvalue weighted by atomic mass is 9.52. The van der Waals surface area contributed by atoms with Gasteiger partial charge in [-0.3, -0.25) is 28.9 Å². The van der Waals surface area contributed by atoms with Crippen LogP contribution in [0, 0.1) is 23.7 Å². The molecule has 0 saturated heterocycles. The summed E-state index contributed by atoms with van der Waals surface area (Å²) in [5.41, 5.74) is 5.72. The van der Waals surface area contributed by atoms with E-state index in [4.69, 9.17) is 5.73 Å². The minimum atomic E-state index is -2.74. The molecular formula is C31H41N5O7. The molecule has 2 fully saturated rings. The normalized spacial score (nSPS) is 31.0. The molecule has 4 aliphatic rings. The molecule has 0 radical (unpaired) electrons. The zero-order valence-electron chi connectivity index (χ0n) is 25.3. The fraction of sp³-hybridized carbons (Fsp3) is 0.581. The Morgan fingerprint density at radius 2 is 1.84 bits per heavy atom. The number of phenols is 1. The van der Waals surface area contributed by atoms with Crippen molar-refractivity contribution < 1.29 is 34.2 Å². The zero-order valence-corrected chi connectivity index (χ0v) is 25.3. The molecule has 0 bridgehead atoms. The first-order valence-corrected chi connectivity index (χ1v) is 14.7. The summed E-state index contributed by atoms with van der Waals surface area (Å²) < 4.78 is 0. The molecule has 1 aromatic rings. The Hall–Kier alpha value is -3.45. The number of amides is 1. The van der Waals surface area contributed by atoms with Gasteiger partial charge in [0.25, 0.3) is 0 Å². The van der Waals surface area contributed by atoms with Gasteiger partial charge >= 0.3 is 0 Å². The summed E-state index contributed by atoms with van der Waals surface area (Å²) in [6, 6.07) is 0.712. The van der Waals surface area contributed by atoms with Crippen molar-refractivity contribution in [3.63, 3.8) is 0 Å². The molecule has 12 nitrogen and oxygen atoms in total. The first kappa shape index (κ1) is 31.0. The number of nitrogens with zero attached hydrogens (tertiary/aromatic N) is 3. The summed E-state index contributed by atoms with van der Waals surface area (Å²) >= 11 is 0. The average molecular weight is 596 g/mol. The molecule has 2 unspecified atom stereocenters. The number of ketones is 4. The van der Waals surface area contributed by atoms with E-state index in [0.717, 1.165) is 25.2 Å². The summed E-state index contributed by atoms with van der Waals surface area (Å²) in [6.45, 7) is 2.74. The molecule has 1 aliphatic heterocycles. The lowest BCUT2D eigenvalue weighted by Crippen LogP contribution is -2.74. The second-order valence-corrected chi connectivity index (χ2v) is 12.9. The van der Waals surface area contributed by atoms with Crippen molar-refractivity contribution in [2.45, 2.75) is 37.5 Å². The fourth-order valence-corrected chi connectivity index (χ4v) is 7.57. The molecule has 5 N–H and O–H groups in total. The van der Waals surface area contributed by atoms with Gasteiger partial charge in [0.1, 0.15) is 5.75 Å². The Kier molecular flexibility index (Phi) is 8.10. The number of hydrogen-bond acceptors (Lipinski definition) is 11. The van der Waals surface area contributed by atoms with Gasteiger partial charge in [0.15, 0.2) is 34.7 Å². The number of aliphatic hydroxyl groups is 1. The molecule has 6 atom stereocenters. The minimum absolute atomic E-state index is 0.00750. The number of anilines is 1. The largest absolute Gasteiger partial charge is 0.507 e. The van der Waals surface area contributed by atoms with E-state index in [2.05, 4.69) is 23.3 Å². The molecule has 1 amide bonds. The average Bonchev–Trinajstić information content (AvgIpc) is 2.92. The predicted molar refractivity (Wildman–Crippen MR) is 158 cm³/mol. The molecule has 12 heteroatoms. The smallest absolute Gasteiger partial charge is 0.235 e. The summed E-state index contributed by atoms with van der Waals surface area (Å²) in [6.07, 6.45) is 3.35. The van der Waals surface area contributed by atoms with Gasteiger partial charge in [-0.2, -0.15) is 0 Å². The van der Waals surface area contributed by atoms with Crippen LogP contribution in [0.5, 0.6) is 5.75 Å². The molecule has 2 saturated carbocycles. The van der Waals surface area contributed by atoms with E-state index in [9.17, 15) is 34.2 Å². The number of primary amides is 1. The van der Waals surface area contributed by atoms with Crippen LogP contribution in [0.25, 0.3) is 0 Å². The van der Waals surface area contributed by atoms with Crippen molar-refractivity contribution in [2.75, 3.05) is 59.8 Å². The summed E-state index contributed by atoms with van der Waals surface area (Å²) in [7, 11) is 8.86. The Balaban J connectivity index is 1.52. The number of likely N-dealkylation sites (N-methyl/N-ethyl adjacent to an activating group) is 2. The van der Waals surface area contributed by atoms with Gasteiger partial charge < -0.3 is 31.1 Å². The monoisotopic (exact) mass is 595 g/mol. The molecule has 0 spiro atoms. The van der Waals surface area contributed by atoms with Crippen molar-refractivity contribution in [1.82, 2.24) is 15.1 Å². The molecule has 0 aromatic heterocycles. The molecule has 5 rings (SSSR count). The van der Waals surface area contributed by atoms with Crippen LogP contribution in [0.15, 0.2) is 17.7 Å². The second-order valence-electron chi connectivity index (χ2n) is 12.9. The van der Waals surface area contributed by atoms with E-state index < -0.39 is 64.4 Å². The SMILES string of the molecule is CN1CC=C(CNCc2cc(N(C)C)c3c(c2O)C(=O)C2C(=O)[C@]4(O)C(=O)C(C(N)=O)C(=O)[C@@H](N(C)C)[C@@H]4C[C@@H]2C3)CC1. The topological polar surface area (TPSA) is 174 Å². The third-order valence-electron chi connectivity index (χ3n) is 9.77. The minimum Gasteiger partial charge on any atom is -0.507 e. The Morgan fingerprint density at radius 1 is 1.14 bits per heavy atom. The van der Waals surface area contributed by atoms with Gasteiger partial charge in [0.05, 0.1) is 17.5 Å². The maximum Gasteiger partial charge on any atom is 0.235 e. The number of benzene rings is 1. The first-order valence-electron chi connectivity index (χ1n) is 14.7. The highest BCUT2D eigenvalue weighted by Gasteiger charge is 2.69. The van der Waals surface area contributed by atoms with Crippen LogP contribution in [0.3, 0.4) is 0 Å². The van der Waals surface area contributed by atoms with Gasteiger partial charge in [-0.15, -0.1) is 0 Å². The van der Waals surface area contributed by atoms with Crippen LogP contribution in [0.1, 0.15) is 34.3 Å². The number of fused-ring (bicyclic) bond motifs is 3. The van der Waals surface area contributed by atoms with E-state index in [1.54, 1.807) is 14.1 Å². The lowest BCUT2D eigenvalue weighted by Gasteiger charge is -2.52. The number of carbonyl (C=O) groups is 5. The van der Waals surface area contributed by atoms with Gasteiger partial charge in [-0.25, -0.2) is 0 Å². The summed E-state index contributed by atoms with van der Waals surface area (Å²) in [5.74, 6) is -10.4. The number of phenolic OH excluding ortho intramolecular Hbond substituents is 1. The zero-order chi connectivity index (χ0) is 31.5. The Morgan fingerprint density at radius 3 is 2.42 bits per heavy atom. The number of aromatic hydroxyl groups is 1. The lowest BCUT2D eigenvalue weighted by molar-refractivity contribution is -0.181. The molecule has 1 heterocycles. The van der Waals surface area contributed by atoms with Gasteiger partial charge in [-0.05, 0) is 58.0 Å². The Labute approximate surface area is 250 Å². The number of nitrogens with one attached hydrogen (secondary N) is 1. The highest BCUT2D eigenvalue weighted by Crippen LogP contribution is 2.52. The van der Waals surface area contributed by atoms with E-state index in [1.165, 1.54) is 10.5 Å². The van der Waals surface area contributed by atoms with Crippen molar-refractivity contribution in [3.8, 4) is 5.75 Å². The van der Waals surface area contributed by atoms with Crippen LogP contribution < -0.4 is 16.0 Å². The molecule has 43 heavy (non-hydrogen) atoms. The van der Waals surface area contributed by atoms with Crippen molar-refractivity contribution in [2.24, 2.45) is 29.4 Å². The summed E-state index contributed by atoms with van der Waals surface area (Å²) in [5, 5.41) is 26.6. The third-order valence-corrected chi connectivity index (χ3v) is 9.77. The van der Waals surface area contributed by atoms with Gasteiger partial charge in [0.2, 0.25) is 5.91 Å². The number of rotatable bonds is 7. The number of carbonyl (C=O) groups excluding carboxylic acids is 5. The quantitative estimate of drug-likeness (QED) is 0.232. The third kappa shape index (κ3) is 4.90. The molecule has 232 valence electrons. The maximum atomic E-state index is 14.2. The van der Waals surface area contributed by atoms with E-state index in [-0.39, 0.29) is 30.7 Å².